The smallest absolute Gasteiger partial charge is 0.331 e. The lowest BCUT2D eigenvalue weighted by Gasteiger charge is -2.16. The summed E-state index contributed by atoms with van der Waals surface area (Å²) in [5.74, 6) is -0.782. The molecule has 0 bridgehead atoms. The average Bonchev–Trinajstić information content (AvgIpc) is 3.50. The van der Waals surface area contributed by atoms with Crippen molar-refractivity contribution in [2.45, 2.75) is 13.8 Å². The molecule has 4 N–H and O–H groups in total. The minimum atomic E-state index is -0.391. The van der Waals surface area contributed by atoms with E-state index in [4.69, 9.17) is 0 Å². The fourth-order valence-corrected chi connectivity index (χ4v) is 5.35. The van der Waals surface area contributed by atoms with Gasteiger partial charge >= 0.3 is 11.4 Å². The minimum absolute atomic E-state index is 0.107. The van der Waals surface area contributed by atoms with Gasteiger partial charge in [-0.15, -0.1) is 0 Å². The van der Waals surface area contributed by atoms with E-state index < -0.39 is 11.6 Å². The second-order valence-corrected chi connectivity index (χ2v) is 10.8. The predicted octanol–water partition coefficient (Wildman–Crippen LogP) is 5.01. The maximum absolute atomic E-state index is 13.0. The first-order valence-electron chi connectivity index (χ1n) is 13.9. The molecule has 4 aromatic carbocycles. The standard InChI is InChI=1S/C34H26N6O4/c1-19-3-9-23(10-4-19)39-29-13-7-21(15-25(29)37-33(39)43)35-27-17-32(42)28(18-31(27)41)36-22-8-14-30-26(16-22)38-34(44)40(30)24-11-5-20(2)6-12-24/h3-18,35-36H,1-2H3,(H,37,43)(H,38,44). The molecule has 1 aliphatic rings. The number of nitrogens with one attached hydrogen (secondary N) is 4. The first-order chi connectivity index (χ1) is 21.2. The van der Waals surface area contributed by atoms with E-state index in [1.807, 2.05) is 62.4 Å². The molecule has 0 unspecified atom stereocenters. The Kier molecular flexibility index (Phi) is 6.24. The van der Waals surface area contributed by atoms with Crippen molar-refractivity contribution in [1.82, 2.24) is 19.1 Å². The van der Waals surface area contributed by atoms with Crippen LogP contribution in [0.5, 0.6) is 0 Å². The third kappa shape index (κ3) is 4.74. The summed E-state index contributed by atoms with van der Waals surface area (Å²) < 4.78 is 3.16. The monoisotopic (exact) mass is 582 g/mol. The molecule has 10 heteroatoms. The highest BCUT2D eigenvalue weighted by molar-refractivity contribution is 6.22. The van der Waals surface area contributed by atoms with Gasteiger partial charge < -0.3 is 20.6 Å². The predicted molar refractivity (Wildman–Crippen MR) is 171 cm³/mol. The number of imidazole rings is 2. The summed E-state index contributed by atoms with van der Waals surface area (Å²) in [7, 11) is 0. The van der Waals surface area contributed by atoms with Gasteiger partial charge in [-0.3, -0.25) is 18.7 Å². The summed E-state index contributed by atoms with van der Waals surface area (Å²) in [6.45, 7) is 3.96. The third-order valence-electron chi connectivity index (χ3n) is 7.59. The van der Waals surface area contributed by atoms with Gasteiger partial charge in [0.25, 0.3) is 0 Å². The number of H-pyrrole nitrogens is 2. The topological polar surface area (TPSA) is 134 Å². The Morgan fingerprint density at radius 1 is 0.523 bits per heavy atom. The van der Waals surface area contributed by atoms with Gasteiger partial charge in [0.1, 0.15) is 0 Å². The zero-order valence-electron chi connectivity index (χ0n) is 23.8. The van der Waals surface area contributed by atoms with Crippen molar-refractivity contribution in [2.24, 2.45) is 0 Å². The van der Waals surface area contributed by atoms with E-state index in [-0.39, 0.29) is 22.8 Å². The van der Waals surface area contributed by atoms with Crippen LogP contribution in [0.1, 0.15) is 11.1 Å². The largest absolute Gasteiger partial charge is 0.352 e. The molecule has 44 heavy (non-hydrogen) atoms. The van der Waals surface area contributed by atoms with Gasteiger partial charge in [0.2, 0.25) is 11.6 Å². The van der Waals surface area contributed by atoms with Crippen LogP contribution >= 0.6 is 0 Å². The van der Waals surface area contributed by atoms with Crippen molar-refractivity contribution in [3.05, 3.63) is 141 Å². The van der Waals surface area contributed by atoms with E-state index in [1.54, 1.807) is 45.5 Å². The molecule has 0 amide bonds. The van der Waals surface area contributed by atoms with Crippen molar-refractivity contribution >= 4 is 45.0 Å². The number of hydrogen-bond donors (Lipinski definition) is 4. The number of benzene rings is 4. The number of anilines is 2. The highest BCUT2D eigenvalue weighted by Crippen LogP contribution is 2.25. The SMILES string of the molecule is Cc1ccc(-n2c(=O)[nH]c3cc(NC4=CC(=O)C(Nc5ccc6c(c5)[nH]c(=O)n6-c5ccc(C)cc5)=CC4=O)ccc32)cc1. The number of aryl methyl sites for hydroxylation is 2. The Morgan fingerprint density at radius 2 is 0.909 bits per heavy atom. The first-order valence-corrected chi connectivity index (χ1v) is 13.9. The summed E-state index contributed by atoms with van der Waals surface area (Å²) in [5, 5.41) is 6.02. The lowest BCUT2D eigenvalue weighted by atomic mass is 10.1. The van der Waals surface area contributed by atoms with E-state index >= 15 is 0 Å². The van der Waals surface area contributed by atoms with Gasteiger partial charge in [-0.1, -0.05) is 35.4 Å². The van der Waals surface area contributed by atoms with E-state index in [0.717, 1.165) is 22.5 Å². The number of ketones is 2. The van der Waals surface area contributed by atoms with Crippen LogP contribution in [0.4, 0.5) is 11.4 Å². The molecule has 1 aliphatic carbocycles. The lowest BCUT2D eigenvalue weighted by Crippen LogP contribution is -2.21. The van der Waals surface area contributed by atoms with Crippen LogP contribution in [0.15, 0.2) is 118 Å². The van der Waals surface area contributed by atoms with Gasteiger partial charge in [0, 0.05) is 23.5 Å². The highest BCUT2D eigenvalue weighted by atomic mass is 16.2. The molecule has 2 heterocycles. The number of carbonyl (C=O) groups is 2. The Labute approximate surface area is 250 Å². The summed E-state index contributed by atoms with van der Waals surface area (Å²) in [5.41, 5.74) is 6.92. The number of nitrogens with zero attached hydrogens (tertiary/aromatic N) is 2. The van der Waals surface area contributed by atoms with E-state index in [0.29, 0.717) is 33.4 Å². The summed E-state index contributed by atoms with van der Waals surface area (Å²) in [6.07, 6.45) is 2.48. The maximum atomic E-state index is 13.0. The molecule has 7 rings (SSSR count). The van der Waals surface area contributed by atoms with Crippen LogP contribution < -0.4 is 22.0 Å². The number of aromatic amines is 2. The Morgan fingerprint density at radius 3 is 1.30 bits per heavy atom. The Bertz CT molecular complexity index is 2150. The number of hydrogen-bond acceptors (Lipinski definition) is 6. The van der Waals surface area contributed by atoms with Gasteiger partial charge in [0.15, 0.2) is 0 Å². The summed E-state index contributed by atoms with van der Waals surface area (Å²) in [6, 6.07) is 25.8. The van der Waals surface area contributed by atoms with Crippen LogP contribution in [0, 0.1) is 13.8 Å². The molecule has 0 saturated heterocycles. The van der Waals surface area contributed by atoms with Gasteiger partial charge in [-0.05, 0) is 74.5 Å². The zero-order chi connectivity index (χ0) is 30.5. The molecule has 0 radical (unpaired) electrons. The van der Waals surface area contributed by atoms with Crippen LogP contribution in [0.3, 0.4) is 0 Å². The number of allylic oxidation sites excluding steroid dienone is 2. The van der Waals surface area contributed by atoms with Crippen molar-refractivity contribution in [3.8, 4) is 11.4 Å². The Balaban J connectivity index is 1.10. The summed E-state index contributed by atoms with van der Waals surface area (Å²) >= 11 is 0. The fraction of sp³-hybridized carbons (Fsp3) is 0.0588. The van der Waals surface area contributed by atoms with Crippen LogP contribution in [-0.2, 0) is 9.59 Å². The van der Waals surface area contributed by atoms with E-state index in [9.17, 15) is 19.2 Å². The second kappa shape index (κ2) is 10.3. The van der Waals surface area contributed by atoms with Crippen molar-refractivity contribution < 1.29 is 9.59 Å². The molecule has 0 aliphatic heterocycles. The van der Waals surface area contributed by atoms with E-state index in [2.05, 4.69) is 20.6 Å². The number of carbonyl (C=O) groups excluding carboxylic acids is 2. The zero-order valence-corrected chi connectivity index (χ0v) is 23.8. The van der Waals surface area contributed by atoms with E-state index in [1.165, 1.54) is 12.2 Å². The highest BCUT2D eigenvalue weighted by Gasteiger charge is 2.21. The number of rotatable bonds is 6. The molecule has 0 atom stereocenters. The number of aromatic nitrogens is 4. The first kappa shape index (κ1) is 26.7. The molecule has 0 saturated carbocycles. The molecule has 6 aromatic rings. The summed E-state index contributed by atoms with van der Waals surface area (Å²) in [4.78, 5) is 57.2. The minimum Gasteiger partial charge on any atom is -0.352 e. The fourth-order valence-electron chi connectivity index (χ4n) is 5.35. The van der Waals surface area contributed by atoms with Crippen LogP contribution in [0.25, 0.3) is 33.4 Å². The molecule has 0 fully saturated rings. The van der Waals surface area contributed by atoms with Gasteiger partial charge in [0.05, 0.1) is 44.8 Å². The van der Waals surface area contributed by atoms with Crippen molar-refractivity contribution in [3.63, 3.8) is 0 Å². The maximum Gasteiger partial charge on any atom is 0.331 e. The lowest BCUT2D eigenvalue weighted by molar-refractivity contribution is -0.115. The van der Waals surface area contributed by atoms with Gasteiger partial charge in [-0.2, -0.15) is 0 Å². The van der Waals surface area contributed by atoms with Gasteiger partial charge in [-0.25, -0.2) is 9.59 Å². The molecule has 0 spiro atoms. The van der Waals surface area contributed by atoms with Crippen molar-refractivity contribution in [2.75, 3.05) is 10.6 Å². The molecule has 10 nitrogen and oxygen atoms in total. The van der Waals surface area contributed by atoms with Crippen LogP contribution in [0.2, 0.25) is 0 Å². The normalized spacial score (nSPS) is 13.3. The molecular weight excluding hydrogens is 556 g/mol. The molecule has 2 aromatic heterocycles. The molecular formula is C34H26N6O4. The third-order valence-corrected chi connectivity index (χ3v) is 7.59. The quantitative estimate of drug-likeness (QED) is 0.204. The van der Waals surface area contributed by atoms with Crippen molar-refractivity contribution in [1.29, 1.82) is 0 Å². The average molecular weight is 583 g/mol. The second-order valence-electron chi connectivity index (χ2n) is 10.8. The van der Waals surface area contributed by atoms with Crippen LogP contribution in [-0.4, -0.2) is 30.7 Å². The number of fused-ring (bicyclic) bond motifs is 2. The Hall–Kier alpha value is -6.16. The molecule has 216 valence electrons.